The van der Waals surface area contributed by atoms with Gasteiger partial charge in [0.05, 0.1) is 6.54 Å². The van der Waals surface area contributed by atoms with Crippen LogP contribution in [0.1, 0.15) is 10.4 Å². The number of nitrogens with zero attached hydrogens (tertiary/aromatic N) is 1. The van der Waals surface area contributed by atoms with E-state index in [0.717, 1.165) is 16.1 Å². The van der Waals surface area contributed by atoms with E-state index in [2.05, 4.69) is 10.3 Å². The molecule has 0 atom stereocenters. The number of nitrogens with two attached hydrogens (primary N) is 1. The van der Waals surface area contributed by atoms with Crippen molar-refractivity contribution in [2.24, 2.45) is 5.73 Å². The van der Waals surface area contributed by atoms with Gasteiger partial charge in [0.15, 0.2) is 4.47 Å². The van der Waals surface area contributed by atoms with Crippen molar-refractivity contribution in [3.8, 4) is 0 Å². The van der Waals surface area contributed by atoms with Gasteiger partial charge in [-0.1, -0.05) is 35.4 Å². The minimum Gasteiger partial charge on any atom is -0.389 e. The summed E-state index contributed by atoms with van der Waals surface area (Å²) < 4.78 is 0.521. The van der Waals surface area contributed by atoms with Crippen LogP contribution >= 0.6 is 46.8 Å². The van der Waals surface area contributed by atoms with Gasteiger partial charge in [0.25, 0.3) is 0 Å². The minimum absolute atomic E-state index is 0.330. The second kappa shape index (κ2) is 5.84. The molecule has 0 fully saturated rings. The lowest BCUT2D eigenvalue weighted by atomic mass is 10.2. The Hall–Kier alpha value is -0.880. The zero-order chi connectivity index (χ0) is 13.1. The molecule has 0 aliphatic heterocycles. The van der Waals surface area contributed by atoms with Crippen LogP contribution in [0.2, 0.25) is 9.49 Å². The number of hydrogen-bond donors (Lipinski definition) is 2. The maximum Gasteiger partial charge on any atom is 0.183 e. The van der Waals surface area contributed by atoms with Gasteiger partial charge in [0.1, 0.15) is 4.99 Å². The molecule has 0 saturated carbocycles. The normalized spacial score (nSPS) is 10.3. The highest BCUT2D eigenvalue weighted by atomic mass is 35.5. The van der Waals surface area contributed by atoms with E-state index in [-0.39, 0.29) is 0 Å². The summed E-state index contributed by atoms with van der Waals surface area (Å²) in [5.41, 5.74) is 7.23. The molecule has 0 saturated heterocycles. The van der Waals surface area contributed by atoms with E-state index < -0.39 is 0 Å². The number of aromatic nitrogens is 1. The van der Waals surface area contributed by atoms with Gasteiger partial charge in [-0.3, -0.25) is 0 Å². The molecule has 1 aromatic heterocycles. The van der Waals surface area contributed by atoms with Crippen molar-refractivity contribution in [3.05, 3.63) is 44.3 Å². The molecule has 7 heteroatoms. The van der Waals surface area contributed by atoms with Gasteiger partial charge in [-0.05, 0) is 18.2 Å². The van der Waals surface area contributed by atoms with Crippen molar-refractivity contribution in [3.63, 3.8) is 0 Å². The molecule has 0 aliphatic rings. The van der Waals surface area contributed by atoms with Gasteiger partial charge in [-0.2, -0.15) is 0 Å². The molecule has 0 aliphatic carbocycles. The van der Waals surface area contributed by atoms with Crippen LogP contribution in [0.5, 0.6) is 0 Å². The summed E-state index contributed by atoms with van der Waals surface area (Å²) in [6.45, 7) is 0.598. The van der Waals surface area contributed by atoms with E-state index in [1.807, 2.05) is 0 Å². The molecular formula is C11H9Cl2N3S2. The summed E-state index contributed by atoms with van der Waals surface area (Å²) in [6, 6.07) is 5.34. The molecule has 3 nitrogen and oxygen atoms in total. The molecule has 1 aromatic carbocycles. The molecule has 1 heterocycles. The Kier molecular flexibility index (Phi) is 4.40. The fraction of sp³-hybridized carbons (Fsp3) is 0.0909. The second-order valence-electron chi connectivity index (χ2n) is 3.49. The van der Waals surface area contributed by atoms with Crippen molar-refractivity contribution < 1.29 is 0 Å². The molecular weight excluding hydrogens is 309 g/mol. The molecule has 18 heavy (non-hydrogen) atoms. The standard InChI is InChI=1S/C11H9Cl2N3S2/c12-6-1-2-8(10(14)17)9(3-6)15-4-7-5-16-11(13)18-7/h1-3,5,15H,4H2,(H2,14,17). The van der Waals surface area contributed by atoms with Gasteiger partial charge < -0.3 is 11.1 Å². The summed E-state index contributed by atoms with van der Waals surface area (Å²) in [5, 5.41) is 3.85. The third-order valence-corrected chi connectivity index (χ3v) is 3.80. The van der Waals surface area contributed by atoms with Crippen molar-refractivity contribution in [2.75, 3.05) is 5.32 Å². The van der Waals surface area contributed by atoms with Gasteiger partial charge in [0, 0.05) is 27.3 Å². The maximum atomic E-state index is 5.95. The SMILES string of the molecule is NC(=S)c1ccc(Cl)cc1NCc1cnc(Cl)s1. The lowest BCUT2D eigenvalue weighted by Gasteiger charge is -2.10. The predicted molar refractivity (Wildman–Crippen MR) is 81.8 cm³/mol. The Morgan fingerprint density at radius 2 is 2.22 bits per heavy atom. The van der Waals surface area contributed by atoms with E-state index in [1.54, 1.807) is 24.4 Å². The largest absolute Gasteiger partial charge is 0.389 e. The topological polar surface area (TPSA) is 50.9 Å². The third-order valence-electron chi connectivity index (χ3n) is 2.23. The molecule has 0 unspecified atom stereocenters. The zero-order valence-corrected chi connectivity index (χ0v) is 12.3. The minimum atomic E-state index is 0.330. The Balaban J connectivity index is 2.17. The summed E-state index contributed by atoms with van der Waals surface area (Å²) in [4.78, 5) is 5.32. The van der Waals surface area contributed by atoms with Gasteiger partial charge in [0.2, 0.25) is 0 Å². The number of thiocarbonyl (C=S) groups is 1. The first kappa shape index (κ1) is 13.5. The molecule has 94 valence electrons. The van der Waals surface area contributed by atoms with Crippen LogP contribution in [0, 0.1) is 0 Å². The molecule has 2 aromatic rings. The molecule has 2 rings (SSSR count). The first-order chi connectivity index (χ1) is 8.56. The first-order valence-electron chi connectivity index (χ1n) is 4.99. The Morgan fingerprint density at radius 3 is 2.83 bits per heavy atom. The van der Waals surface area contributed by atoms with Crippen LogP contribution in [0.4, 0.5) is 5.69 Å². The molecule has 3 N–H and O–H groups in total. The number of hydrogen-bond acceptors (Lipinski definition) is 4. The van der Waals surface area contributed by atoms with Crippen molar-refractivity contribution in [1.82, 2.24) is 4.98 Å². The lowest BCUT2D eigenvalue weighted by molar-refractivity contribution is 1.17. The molecule has 0 radical (unpaired) electrons. The fourth-order valence-corrected chi connectivity index (χ4v) is 2.69. The Bertz CT molecular complexity index is 583. The quantitative estimate of drug-likeness (QED) is 0.844. The van der Waals surface area contributed by atoms with Crippen molar-refractivity contribution >= 4 is 57.4 Å². The predicted octanol–water partition coefficient (Wildman–Crippen LogP) is 3.70. The highest BCUT2D eigenvalue weighted by Crippen LogP contribution is 2.23. The second-order valence-corrected chi connectivity index (χ2v) is 6.06. The van der Waals surface area contributed by atoms with Gasteiger partial charge in [-0.25, -0.2) is 4.98 Å². The van der Waals surface area contributed by atoms with Gasteiger partial charge in [-0.15, -0.1) is 11.3 Å². The summed E-state index contributed by atoms with van der Waals surface area (Å²) in [7, 11) is 0. The van der Waals surface area contributed by atoms with Crippen molar-refractivity contribution in [1.29, 1.82) is 0 Å². The number of nitrogens with one attached hydrogen (secondary N) is 1. The van der Waals surface area contributed by atoms with E-state index in [9.17, 15) is 0 Å². The lowest BCUT2D eigenvalue weighted by Crippen LogP contribution is -2.13. The number of benzene rings is 1. The molecule has 0 spiro atoms. The van der Waals surface area contributed by atoms with E-state index >= 15 is 0 Å². The maximum absolute atomic E-state index is 5.95. The third kappa shape index (κ3) is 3.32. The van der Waals surface area contributed by atoms with Crippen LogP contribution in [0.25, 0.3) is 0 Å². The molecule has 0 bridgehead atoms. The van der Waals surface area contributed by atoms with Crippen LogP contribution in [0.15, 0.2) is 24.4 Å². The van der Waals surface area contributed by atoms with Crippen LogP contribution < -0.4 is 11.1 Å². The zero-order valence-electron chi connectivity index (χ0n) is 9.11. The van der Waals surface area contributed by atoms with Crippen LogP contribution in [0.3, 0.4) is 0 Å². The average Bonchev–Trinajstić information content (AvgIpc) is 2.72. The number of halogens is 2. The first-order valence-corrected chi connectivity index (χ1v) is 6.98. The Morgan fingerprint density at radius 1 is 1.44 bits per heavy atom. The van der Waals surface area contributed by atoms with E-state index in [4.69, 9.17) is 41.2 Å². The Labute approximate surface area is 124 Å². The fourth-order valence-electron chi connectivity index (χ4n) is 1.43. The smallest absolute Gasteiger partial charge is 0.183 e. The average molecular weight is 318 g/mol. The van der Waals surface area contributed by atoms with Gasteiger partial charge >= 0.3 is 0 Å². The highest BCUT2D eigenvalue weighted by molar-refractivity contribution is 7.80. The highest BCUT2D eigenvalue weighted by Gasteiger charge is 2.07. The monoisotopic (exact) mass is 317 g/mol. The van der Waals surface area contributed by atoms with E-state index in [0.29, 0.717) is 21.0 Å². The summed E-state index contributed by atoms with van der Waals surface area (Å²) >= 11 is 18.1. The summed E-state index contributed by atoms with van der Waals surface area (Å²) in [6.07, 6.45) is 1.73. The summed E-state index contributed by atoms with van der Waals surface area (Å²) in [5.74, 6) is 0. The van der Waals surface area contributed by atoms with Crippen LogP contribution in [-0.4, -0.2) is 9.97 Å². The number of anilines is 1. The van der Waals surface area contributed by atoms with E-state index in [1.165, 1.54) is 11.3 Å². The number of rotatable bonds is 4. The van der Waals surface area contributed by atoms with Crippen LogP contribution in [-0.2, 0) is 6.54 Å². The van der Waals surface area contributed by atoms with Crippen molar-refractivity contribution in [2.45, 2.75) is 6.54 Å². The number of thiazole rings is 1. The molecule has 0 amide bonds.